The van der Waals surface area contributed by atoms with Gasteiger partial charge in [0.25, 0.3) is 0 Å². The van der Waals surface area contributed by atoms with E-state index in [1.165, 1.54) is 0 Å². The molecule has 3 heterocycles. The lowest BCUT2D eigenvalue weighted by molar-refractivity contribution is 0.190. The highest BCUT2D eigenvalue weighted by atomic mass is 16.5. The molecule has 0 spiro atoms. The zero-order valence-electron chi connectivity index (χ0n) is 18.3. The predicted octanol–water partition coefficient (Wildman–Crippen LogP) is 3.43. The van der Waals surface area contributed by atoms with E-state index in [0.717, 1.165) is 11.3 Å². The Balaban J connectivity index is 1.71. The summed E-state index contributed by atoms with van der Waals surface area (Å²) in [6.07, 6.45) is 3.38. The van der Waals surface area contributed by atoms with Gasteiger partial charge in [-0.25, -0.2) is 0 Å². The molecule has 0 bridgehead atoms. The number of nitriles is 1. The molecule has 3 N–H and O–H groups in total. The van der Waals surface area contributed by atoms with Crippen LogP contribution < -0.4 is 15.4 Å². The van der Waals surface area contributed by atoms with Gasteiger partial charge in [-0.1, -0.05) is 6.07 Å². The van der Waals surface area contributed by atoms with Crippen LogP contribution in [-0.2, 0) is 11.8 Å². The molecule has 164 valence electrons. The van der Waals surface area contributed by atoms with E-state index < -0.39 is 0 Å². The number of aromatic nitrogens is 5. The molecule has 10 heteroatoms. The molecule has 4 rings (SSSR count). The SMILES string of the molecule is COCC(C)Nc1nc(Nc2ccc(-c3ccnn3C)cc2OC)nc2[nH]cc(C#N)c12. The monoisotopic (exact) mass is 432 g/mol. The molecule has 0 aliphatic carbocycles. The van der Waals surface area contributed by atoms with Crippen molar-refractivity contribution in [1.29, 1.82) is 5.26 Å². The number of benzene rings is 1. The average Bonchev–Trinajstić information content (AvgIpc) is 3.40. The Hall–Kier alpha value is -4.10. The maximum atomic E-state index is 9.47. The van der Waals surface area contributed by atoms with Crippen LogP contribution in [0, 0.1) is 11.3 Å². The molecule has 0 fully saturated rings. The highest BCUT2D eigenvalue weighted by molar-refractivity contribution is 5.93. The minimum absolute atomic E-state index is 0.0138. The summed E-state index contributed by atoms with van der Waals surface area (Å²) in [5, 5.41) is 20.9. The molecule has 0 amide bonds. The minimum atomic E-state index is -0.0138. The van der Waals surface area contributed by atoms with Crippen LogP contribution in [0.2, 0.25) is 0 Å². The first kappa shape index (κ1) is 21.1. The quantitative estimate of drug-likeness (QED) is 0.387. The van der Waals surface area contributed by atoms with E-state index in [4.69, 9.17) is 9.47 Å². The Labute approximate surface area is 185 Å². The van der Waals surface area contributed by atoms with Crippen LogP contribution in [0.15, 0.2) is 36.7 Å². The third-order valence-electron chi connectivity index (χ3n) is 5.02. The molecule has 32 heavy (non-hydrogen) atoms. The number of nitrogens with zero attached hydrogens (tertiary/aromatic N) is 5. The van der Waals surface area contributed by atoms with Gasteiger partial charge in [0.15, 0.2) is 0 Å². The summed E-state index contributed by atoms with van der Waals surface area (Å²) in [6, 6.07) is 9.92. The van der Waals surface area contributed by atoms with Crippen LogP contribution in [0.1, 0.15) is 12.5 Å². The fraction of sp³-hybridized carbons (Fsp3) is 0.273. The topological polar surface area (TPSA) is 126 Å². The second-order valence-corrected chi connectivity index (χ2v) is 7.31. The first-order valence-corrected chi connectivity index (χ1v) is 10.0. The first-order chi connectivity index (χ1) is 15.5. The third kappa shape index (κ3) is 4.06. The van der Waals surface area contributed by atoms with Gasteiger partial charge in [0.2, 0.25) is 5.95 Å². The lowest BCUT2D eigenvalue weighted by atomic mass is 10.1. The molecule has 0 aliphatic heterocycles. The number of aryl methyl sites for hydroxylation is 1. The lowest BCUT2D eigenvalue weighted by Crippen LogP contribution is -2.22. The summed E-state index contributed by atoms with van der Waals surface area (Å²) in [7, 11) is 5.14. The Kier molecular flexibility index (Phi) is 5.91. The molecular formula is C22H24N8O2. The number of hydrogen-bond acceptors (Lipinski definition) is 8. The van der Waals surface area contributed by atoms with Crippen molar-refractivity contribution in [2.75, 3.05) is 31.5 Å². The summed E-state index contributed by atoms with van der Waals surface area (Å²) in [4.78, 5) is 12.2. The van der Waals surface area contributed by atoms with Gasteiger partial charge in [0.1, 0.15) is 23.3 Å². The number of fused-ring (bicyclic) bond motifs is 1. The van der Waals surface area contributed by atoms with E-state index in [-0.39, 0.29) is 6.04 Å². The second kappa shape index (κ2) is 8.95. The van der Waals surface area contributed by atoms with E-state index >= 15 is 0 Å². The zero-order chi connectivity index (χ0) is 22.7. The van der Waals surface area contributed by atoms with Crippen LogP contribution >= 0.6 is 0 Å². The first-order valence-electron chi connectivity index (χ1n) is 10.0. The zero-order valence-corrected chi connectivity index (χ0v) is 18.3. The maximum Gasteiger partial charge on any atom is 0.231 e. The molecule has 4 aromatic rings. The fourth-order valence-electron chi connectivity index (χ4n) is 3.54. The average molecular weight is 432 g/mol. The van der Waals surface area contributed by atoms with Crippen molar-refractivity contribution in [3.8, 4) is 23.1 Å². The van der Waals surface area contributed by atoms with Crippen molar-refractivity contribution in [3.05, 3.63) is 42.2 Å². The van der Waals surface area contributed by atoms with Gasteiger partial charge in [-0.05, 0) is 25.1 Å². The molecule has 1 unspecified atom stereocenters. The highest BCUT2D eigenvalue weighted by Gasteiger charge is 2.17. The second-order valence-electron chi connectivity index (χ2n) is 7.31. The van der Waals surface area contributed by atoms with Gasteiger partial charge in [-0.2, -0.15) is 20.3 Å². The van der Waals surface area contributed by atoms with Crippen LogP contribution in [0.3, 0.4) is 0 Å². The van der Waals surface area contributed by atoms with Gasteiger partial charge in [0, 0.05) is 38.2 Å². The number of rotatable bonds is 8. The predicted molar refractivity (Wildman–Crippen MR) is 122 cm³/mol. The number of ether oxygens (including phenoxy) is 2. The largest absolute Gasteiger partial charge is 0.495 e. The molecule has 10 nitrogen and oxygen atoms in total. The van der Waals surface area contributed by atoms with Crippen LogP contribution in [0.25, 0.3) is 22.3 Å². The Morgan fingerprint density at radius 3 is 2.78 bits per heavy atom. The summed E-state index contributed by atoms with van der Waals surface area (Å²) in [5.74, 6) is 1.55. The van der Waals surface area contributed by atoms with Crippen molar-refractivity contribution in [2.24, 2.45) is 7.05 Å². The van der Waals surface area contributed by atoms with E-state index in [9.17, 15) is 5.26 Å². The third-order valence-corrected chi connectivity index (χ3v) is 5.02. The summed E-state index contributed by atoms with van der Waals surface area (Å²) >= 11 is 0. The highest BCUT2D eigenvalue weighted by Crippen LogP contribution is 2.33. The fourth-order valence-corrected chi connectivity index (χ4v) is 3.54. The molecule has 1 aromatic carbocycles. The van der Waals surface area contributed by atoms with Gasteiger partial charge in [-0.15, -0.1) is 0 Å². The van der Waals surface area contributed by atoms with Crippen molar-refractivity contribution >= 4 is 28.5 Å². The van der Waals surface area contributed by atoms with Crippen molar-refractivity contribution in [3.63, 3.8) is 0 Å². The number of anilines is 3. The van der Waals surface area contributed by atoms with Crippen molar-refractivity contribution < 1.29 is 9.47 Å². The van der Waals surface area contributed by atoms with Crippen LogP contribution in [0.5, 0.6) is 5.75 Å². The smallest absolute Gasteiger partial charge is 0.231 e. The van der Waals surface area contributed by atoms with Gasteiger partial charge in [0.05, 0.1) is 36.0 Å². The summed E-state index contributed by atoms with van der Waals surface area (Å²) < 4.78 is 12.6. The standard InChI is InChI=1S/C22H24N8O2/c1-13(12-31-3)26-21-19-15(10-23)11-24-20(19)28-22(29-21)27-16-6-5-14(9-18(16)32-4)17-7-8-25-30(17)2/h5-9,11,13H,12H2,1-4H3,(H3,24,26,27,28,29). The van der Waals surface area contributed by atoms with Crippen LogP contribution in [-0.4, -0.2) is 51.6 Å². The molecule has 1 atom stereocenters. The van der Waals surface area contributed by atoms with Crippen molar-refractivity contribution in [1.82, 2.24) is 24.7 Å². The van der Waals surface area contributed by atoms with Gasteiger partial charge < -0.3 is 25.1 Å². The number of hydrogen-bond donors (Lipinski definition) is 3. The number of H-pyrrole nitrogens is 1. The van der Waals surface area contributed by atoms with Gasteiger partial charge in [-0.3, -0.25) is 4.68 Å². The number of methoxy groups -OCH3 is 2. The van der Waals surface area contributed by atoms with Crippen LogP contribution in [0.4, 0.5) is 17.5 Å². The van der Waals surface area contributed by atoms with Crippen molar-refractivity contribution in [2.45, 2.75) is 13.0 Å². The number of aromatic amines is 1. The molecular weight excluding hydrogens is 408 g/mol. The molecule has 3 aromatic heterocycles. The van der Waals surface area contributed by atoms with E-state index in [2.05, 4.69) is 36.8 Å². The van der Waals surface area contributed by atoms with E-state index in [1.54, 1.807) is 31.3 Å². The Morgan fingerprint density at radius 1 is 1.25 bits per heavy atom. The maximum absolute atomic E-state index is 9.47. The van der Waals surface area contributed by atoms with Gasteiger partial charge >= 0.3 is 0 Å². The number of nitrogens with one attached hydrogen (secondary N) is 3. The summed E-state index contributed by atoms with van der Waals surface area (Å²) in [6.45, 7) is 2.47. The Bertz CT molecular complexity index is 1290. The minimum Gasteiger partial charge on any atom is -0.495 e. The van der Waals surface area contributed by atoms with E-state index in [0.29, 0.717) is 46.4 Å². The molecule has 0 saturated heterocycles. The Morgan fingerprint density at radius 2 is 2.09 bits per heavy atom. The lowest BCUT2D eigenvalue weighted by Gasteiger charge is -2.16. The van der Waals surface area contributed by atoms with E-state index in [1.807, 2.05) is 38.2 Å². The normalized spacial score (nSPS) is 11.8. The molecule has 0 radical (unpaired) electrons. The molecule has 0 saturated carbocycles. The molecule has 0 aliphatic rings. The summed E-state index contributed by atoms with van der Waals surface area (Å²) in [5.41, 5.74) is 3.68.